The minimum atomic E-state index is -0.425. The number of nitrogen functional groups attached to an aromatic ring is 1. The molecule has 0 amide bonds. The Bertz CT molecular complexity index is 331. The van der Waals surface area contributed by atoms with Crippen molar-refractivity contribution >= 4 is 11.6 Å². The van der Waals surface area contributed by atoms with E-state index in [2.05, 4.69) is 20.7 Å². The molecule has 0 aliphatic heterocycles. The fourth-order valence-electron chi connectivity index (χ4n) is 1.18. The van der Waals surface area contributed by atoms with Crippen LogP contribution in [0.2, 0.25) is 0 Å². The quantitative estimate of drug-likeness (QED) is 0.430. The molecule has 5 N–H and O–H groups in total. The number of anilines is 2. The van der Waals surface area contributed by atoms with Crippen molar-refractivity contribution in [1.29, 1.82) is 0 Å². The van der Waals surface area contributed by atoms with Gasteiger partial charge in [0.25, 0.3) is 0 Å². The lowest BCUT2D eigenvalue weighted by Crippen LogP contribution is -2.35. The van der Waals surface area contributed by atoms with Gasteiger partial charge >= 0.3 is 0 Å². The zero-order chi connectivity index (χ0) is 12.2. The molecule has 0 spiro atoms. The first-order valence-corrected chi connectivity index (χ1v) is 5.24. The average Bonchev–Trinajstić information content (AvgIpc) is 2.28. The monoisotopic (exact) mass is 225 g/mol. The molecule has 0 aliphatic rings. The predicted octanol–water partition coefficient (Wildman–Crippen LogP) is 0.507. The summed E-state index contributed by atoms with van der Waals surface area (Å²) in [5.74, 6) is 7.23. The zero-order valence-electron chi connectivity index (χ0n) is 9.91. The van der Waals surface area contributed by atoms with Gasteiger partial charge in [-0.2, -0.15) is 0 Å². The summed E-state index contributed by atoms with van der Waals surface area (Å²) < 4.78 is 0. The van der Waals surface area contributed by atoms with Crippen LogP contribution in [0.1, 0.15) is 26.6 Å². The Balaban J connectivity index is 2.95. The number of aliphatic hydroxyl groups excluding tert-OH is 1. The molecule has 0 atom stereocenters. The summed E-state index contributed by atoms with van der Waals surface area (Å²) in [5, 5.41) is 12.3. The summed E-state index contributed by atoms with van der Waals surface area (Å²) in [7, 11) is 0. The molecule has 0 fully saturated rings. The number of nitrogens with zero attached hydrogens (tertiary/aromatic N) is 2. The molecule has 0 unspecified atom stereocenters. The second-order valence-electron chi connectivity index (χ2n) is 4.22. The molecule has 90 valence electrons. The highest BCUT2D eigenvalue weighted by atomic mass is 16.3. The second-order valence-corrected chi connectivity index (χ2v) is 4.22. The Morgan fingerprint density at radius 3 is 2.50 bits per heavy atom. The SMILES string of the molecule is CCc1nc(NN)cc(NC(C)(C)CO)n1. The van der Waals surface area contributed by atoms with Crippen LogP contribution in [0.4, 0.5) is 11.6 Å². The highest BCUT2D eigenvalue weighted by Gasteiger charge is 2.17. The third kappa shape index (κ3) is 3.32. The van der Waals surface area contributed by atoms with E-state index in [9.17, 15) is 0 Å². The summed E-state index contributed by atoms with van der Waals surface area (Å²) in [5.41, 5.74) is 2.07. The van der Waals surface area contributed by atoms with E-state index in [-0.39, 0.29) is 6.61 Å². The maximum absolute atomic E-state index is 9.16. The van der Waals surface area contributed by atoms with Gasteiger partial charge in [0.1, 0.15) is 17.5 Å². The molecular weight excluding hydrogens is 206 g/mol. The van der Waals surface area contributed by atoms with Crippen LogP contribution in [0.25, 0.3) is 0 Å². The second kappa shape index (κ2) is 5.09. The van der Waals surface area contributed by atoms with E-state index in [1.165, 1.54) is 0 Å². The molecule has 16 heavy (non-hydrogen) atoms. The van der Waals surface area contributed by atoms with Gasteiger partial charge in [0.05, 0.1) is 12.1 Å². The van der Waals surface area contributed by atoms with Crippen molar-refractivity contribution in [3.8, 4) is 0 Å². The third-order valence-corrected chi connectivity index (χ3v) is 2.10. The number of aromatic nitrogens is 2. The molecule has 1 aromatic heterocycles. The van der Waals surface area contributed by atoms with Gasteiger partial charge in [-0.25, -0.2) is 15.8 Å². The Labute approximate surface area is 95.3 Å². The maximum Gasteiger partial charge on any atom is 0.145 e. The molecule has 0 radical (unpaired) electrons. The van der Waals surface area contributed by atoms with E-state index >= 15 is 0 Å². The van der Waals surface area contributed by atoms with E-state index in [0.717, 1.165) is 6.42 Å². The van der Waals surface area contributed by atoms with E-state index in [1.807, 2.05) is 20.8 Å². The molecule has 0 bridgehead atoms. The van der Waals surface area contributed by atoms with Crippen LogP contribution < -0.4 is 16.6 Å². The fourth-order valence-corrected chi connectivity index (χ4v) is 1.18. The Morgan fingerprint density at radius 1 is 1.38 bits per heavy atom. The summed E-state index contributed by atoms with van der Waals surface area (Å²) in [6, 6.07) is 1.70. The van der Waals surface area contributed by atoms with Crippen molar-refractivity contribution in [3.63, 3.8) is 0 Å². The van der Waals surface area contributed by atoms with Gasteiger partial charge in [0.2, 0.25) is 0 Å². The third-order valence-electron chi connectivity index (χ3n) is 2.10. The summed E-state index contributed by atoms with van der Waals surface area (Å²) >= 11 is 0. The van der Waals surface area contributed by atoms with Crippen LogP contribution in [0.15, 0.2) is 6.07 Å². The van der Waals surface area contributed by atoms with E-state index in [4.69, 9.17) is 10.9 Å². The van der Waals surface area contributed by atoms with Gasteiger partial charge in [0.15, 0.2) is 0 Å². The first kappa shape index (κ1) is 12.7. The van der Waals surface area contributed by atoms with Crippen molar-refractivity contribution in [2.45, 2.75) is 32.7 Å². The zero-order valence-corrected chi connectivity index (χ0v) is 9.91. The van der Waals surface area contributed by atoms with Crippen LogP contribution in [-0.2, 0) is 6.42 Å². The van der Waals surface area contributed by atoms with Crippen LogP contribution >= 0.6 is 0 Å². The molecule has 0 aliphatic carbocycles. The minimum Gasteiger partial charge on any atom is -0.394 e. The number of hydrogen-bond acceptors (Lipinski definition) is 6. The molecule has 6 nitrogen and oxygen atoms in total. The molecule has 0 saturated heterocycles. The first-order chi connectivity index (χ1) is 7.50. The number of hydrazine groups is 1. The number of hydrogen-bond donors (Lipinski definition) is 4. The molecule has 1 rings (SSSR count). The van der Waals surface area contributed by atoms with Crippen LogP contribution in [0.3, 0.4) is 0 Å². The predicted molar refractivity (Wildman–Crippen MR) is 64.0 cm³/mol. The van der Waals surface area contributed by atoms with Gasteiger partial charge < -0.3 is 15.8 Å². The molecule has 0 saturated carbocycles. The lowest BCUT2D eigenvalue weighted by Gasteiger charge is -2.24. The molecule has 1 aromatic rings. The standard InChI is InChI=1S/C10H19N5O/c1-4-7-12-8(5-9(13-7)15-11)14-10(2,3)6-16/h5,16H,4,6,11H2,1-3H3,(H2,12,13,14,15). The van der Waals surface area contributed by atoms with E-state index in [1.54, 1.807) is 6.07 Å². The van der Waals surface area contributed by atoms with Gasteiger partial charge in [-0.05, 0) is 13.8 Å². The summed E-state index contributed by atoms with van der Waals surface area (Å²) in [6.45, 7) is 5.76. The number of nitrogens with two attached hydrogens (primary N) is 1. The van der Waals surface area contributed by atoms with Gasteiger partial charge in [-0.1, -0.05) is 6.92 Å². The van der Waals surface area contributed by atoms with E-state index < -0.39 is 5.54 Å². The number of aryl methyl sites for hydroxylation is 1. The van der Waals surface area contributed by atoms with Crippen LogP contribution in [0.5, 0.6) is 0 Å². The minimum absolute atomic E-state index is 0.0177. The van der Waals surface area contributed by atoms with Crippen LogP contribution in [0, 0.1) is 0 Å². The van der Waals surface area contributed by atoms with Crippen molar-refractivity contribution < 1.29 is 5.11 Å². The number of nitrogens with one attached hydrogen (secondary N) is 2. The number of aliphatic hydroxyl groups is 1. The normalized spacial score (nSPS) is 11.3. The van der Waals surface area contributed by atoms with Crippen LogP contribution in [-0.4, -0.2) is 27.2 Å². The lowest BCUT2D eigenvalue weighted by molar-refractivity contribution is 0.234. The van der Waals surface area contributed by atoms with Crippen molar-refractivity contribution in [2.24, 2.45) is 5.84 Å². The molecule has 1 heterocycles. The maximum atomic E-state index is 9.16. The van der Waals surface area contributed by atoms with E-state index in [0.29, 0.717) is 17.5 Å². The Morgan fingerprint density at radius 2 is 2.00 bits per heavy atom. The van der Waals surface area contributed by atoms with Crippen molar-refractivity contribution in [2.75, 3.05) is 17.3 Å². The highest BCUT2D eigenvalue weighted by Crippen LogP contribution is 2.15. The summed E-state index contributed by atoms with van der Waals surface area (Å²) in [6.07, 6.45) is 0.726. The number of rotatable bonds is 5. The molecular formula is C10H19N5O. The Kier molecular flexibility index (Phi) is 4.03. The smallest absolute Gasteiger partial charge is 0.145 e. The fraction of sp³-hybridized carbons (Fsp3) is 0.600. The molecule has 6 heteroatoms. The highest BCUT2D eigenvalue weighted by molar-refractivity contribution is 5.48. The van der Waals surface area contributed by atoms with Crippen molar-refractivity contribution in [1.82, 2.24) is 9.97 Å². The van der Waals surface area contributed by atoms with Gasteiger partial charge in [-0.15, -0.1) is 0 Å². The Hall–Kier alpha value is -1.40. The topological polar surface area (TPSA) is 96.1 Å². The largest absolute Gasteiger partial charge is 0.394 e. The summed E-state index contributed by atoms with van der Waals surface area (Å²) in [4.78, 5) is 8.48. The average molecular weight is 225 g/mol. The van der Waals surface area contributed by atoms with Crippen molar-refractivity contribution in [3.05, 3.63) is 11.9 Å². The van der Waals surface area contributed by atoms with Gasteiger partial charge in [0, 0.05) is 12.5 Å². The molecule has 0 aromatic carbocycles. The first-order valence-electron chi connectivity index (χ1n) is 5.24. The van der Waals surface area contributed by atoms with Gasteiger partial charge in [-0.3, -0.25) is 0 Å². The lowest BCUT2D eigenvalue weighted by atomic mass is 10.1.